The molecule has 14 heavy (non-hydrogen) atoms. The SMILES string of the molecule is CNC(C)c1cnc(C2CCSC2)s1. The first-order valence-corrected chi connectivity index (χ1v) is 6.99. The van der Waals surface area contributed by atoms with Crippen LogP contribution in [0.25, 0.3) is 0 Å². The van der Waals surface area contributed by atoms with Crippen molar-refractivity contribution >= 4 is 23.1 Å². The molecule has 0 radical (unpaired) electrons. The molecule has 2 unspecified atom stereocenters. The van der Waals surface area contributed by atoms with E-state index in [9.17, 15) is 0 Å². The van der Waals surface area contributed by atoms with E-state index in [0.717, 1.165) is 5.92 Å². The largest absolute Gasteiger partial charge is 0.312 e. The Kier molecular flexibility index (Phi) is 3.47. The van der Waals surface area contributed by atoms with Gasteiger partial charge in [-0.05, 0) is 26.1 Å². The van der Waals surface area contributed by atoms with Crippen LogP contribution in [0, 0.1) is 0 Å². The first-order chi connectivity index (χ1) is 6.81. The highest BCUT2D eigenvalue weighted by Gasteiger charge is 2.21. The number of hydrogen-bond acceptors (Lipinski definition) is 4. The fourth-order valence-corrected chi connectivity index (χ4v) is 4.01. The van der Waals surface area contributed by atoms with Crippen molar-refractivity contribution in [1.82, 2.24) is 10.3 Å². The normalized spacial score (nSPS) is 24.0. The van der Waals surface area contributed by atoms with Crippen molar-refractivity contribution in [2.75, 3.05) is 18.6 Å². The van der Waals surface area contributed by atoms with Gasteiger partial charge in [-0.2, -0.15) is 11.8 Å². The predicted octanol–water partition coefficient (Wildman–Crippen LogP) is 2.64. The zero-order valence-corrected chi connectivity index (χ0v) is 10.3. The molecule has 0 amide bonds. The van der Waals surface area contributed by atoms with Crippen LogP contribution in [0.5, 0.6) is 0 Å². The van der Waals surface area contributed by atoms with Gasteiger partial charge in [0, 0.05) is 28.8 Å². The molecule has 2 rings (SSSR count). The molecule has 78 valence electrons. The average molecular weight is 228 g/mol. The number of thiazole rings is 1. The van der Waals surface area contributed by atoms with Crippen molar-refractivity contribution < 1.29 is 0 Å². The van der Waals surface area contributed by atoms with E-state index in [-0.39, 0.29) is 0 Å². The minimum Gasteiger partial charge on any atom is -0.312 e. The summed E-state index contributed by atoms with van der Waals surface area (Å²) < 4.78 is 0. The van der Waals surface area contributed by atoms with Gasteiger partial charge in [-0.25, -0.2) is 4.98 Å². The summed E-state index contributed by atoms with van der Waals surface area (Å²) in [5, 5.41) is 4.59. The molecule has 0 aliphatic carbocycles. The van der Waals surface area contributed by atoms with E-state index in [1.165, 1.54) is 27.8 Å². The third-order valence-corrected chi connectivity index (χ3v) is 5.19. The zero-order chi connectivity index (χ0) is 9.97. The van der Waals surface area contributed by atoms with Crippen molar-refractivity contribution in [2.24, 2.45) is 0 Å². The van der Waals surface area contributed by atoms with E-state index in [1.807, 2.05) is 24.6 Å². The molecule has 1 saturated heterocycles. The summed E-state index contributed by atoms with van der Waals surface area (Å²) in [4.78, 5) is 5.89. The molecule has 2 atom stereocenters. The highest BCUT2D eigenvalue weighted by Crippen LogP contribution is 2.35. The Bertz CT molecular complexity index is 292. The predicted molar refractivity (Wildman–Crippen MR) is 64.3 cm³/mol. The van der Waals surface area contributed by atoms with Gasteiger partial charge >= 0.3 is 0 Å². The molecule has 4 heteroatoms. The lowest BCUT2D eigenvalue weighted by atomic mass is 10.1. The van der Waals surface area contributed by atoms with Gasteiger partial charge < -0.3 is 5.32 Å². The Hall–Kier alpha value is -0.0600. The first-order valence-electron chi connectivity index (χ1n) is 5.02. The maximum Gasteiger partial charge on any atom is 0.0967 e. The van der Waals surface area contributed by atoms with Crippen molar-refractivity contribution in [3.63, 3.8) is 0 Å². The van der Waals surface area contributed by atoms with Crippen molar-refractivity contribution in [2.45, 2.75) is 25.3 Å². The maximum absolute atomic E-state index is 4.53. The third kappa shape index (κ3) is 2.12. The van der Waals surface area contributed by atoms with E-state index in [4.69, 9.17) is 0 Å². The molecule has 1 aromatic heterocycles. The van der Waals surface area contributed by atoms with E-state index >= 15 is 0 Å². The van der Waals surface area contributed by atoms with Crippen molar-refractivity contribution in [3.05, 3.63) is 16.1 Å². The Balaban J connectivity index is 2.08. The third-order valence-electron chi connectivity index (χ3n) is 2.68. The highest BCUT2D eigenvalue weighted by atomic mass is 32.2. The van der Waals surface area contributed by atoms with Gasteiger partial charge in [0.15, 0.2) is 0 Å². The van der Waals surface area contributed by atoms with Crippen LogP contribution in [-0.4, -0.2) is 23.5 Å². The van der Waals surface area contributed by atoms with E-state index < -0.39 is 0 Å². The first kappa shape index (κ1) is 10.5. The molecule has 1 fully saturated rings. The molecule has 0 spiro atoms. The van der Waals surface area contributed by atoms with Gasteiger partial charge in [-0.15, -0.1) is 11.3 Å². The summed E-state index contributed by atoms with van der Waals surface area (Å²) >= 11 is 3.93. The standard InChI is InChI=1S/C10H16N2S2/c1-7(11-2)9-5-12-10(14-9)8-3-4-13-6-8/h5,7-8,11H,3-4,6H2,1-2H3. The molecule has 1 aliphatic heterocycles. The number of aromatic nitrogens is 1. The monoisotopic (exact) mass is 228 g/mol. The fraction of sp³-hybridized carbons (Fsp3) is 0.700. The molecule has 1 aliphatic rings. The Morgan fingerprint density at radius 1 is 1.64 bits per heavy atom. The molecule has 1 aromatic rings. The Morgan fingerprint density at radius 3 is 3.14 bits per heavy atom. The minimum absolute atomic E-state index is 0.440. The van der Waals surface area contributed by atoms with Gasteiger partial charge in [0.25, 0.3) is 0 Å². The summed E-state index contributed by atoms with van der Waals surface area (Å²) in [7, 11) is 2.00. The van der Waals surface area contributed by atoms with Gasteiger partial charge in [0.2, 0.25) is 0 Å². The van der Waals surface area contributed by atoms with Crippen LogP contribution in [0.1, 0.15) is 35.2 Å². The lowest BCUT2D eigenvalue weighted by Gasteiger charge is -2.05. The number of hydrogen-bond donors (Lipinski definition) is 1. The zero-order valence-electron chi connectivity index (χ0n) is 8.62. The van der Waals surface area contributed by atoms with Gasteiger partial charge in [-0.1, -0.05) is 0 Å². The maximum atomic E-state index is 4.53. The number of nitrogens with one attached hydrogen (secondary N) is 1. The summed E-state index contributed by atoms with van der Waals surface area (Å²) in [5.41, 5.74) is 0. The summed E-state index contributed by atoms with van der Waals surface area (Å²) in [6, 6.07) is 0.440. The molecule has 0 saturated carbocycles. The summed E-state index contributed by atoms with van der Waals surface area (Å²) in [6.45, 7) is 2.18. The fourth-order valence-electron chi connectivity index (χ4n) is 1.56. The lowest BCUT2D eigenvalue weighted by molar-refractivity contribution is 0.662. The molecular formula is C10H16N2S2. The molecule has 0 bridgehead atoms. The average Bonchev–Trinajstić information content (AvgIpc) is 2.86. The molecular weight excluding hydrogens is 212 g/mol. The summed E-state index contributed by atoms with van der Waals surface area (Å²) in [5.74, 6) is 3.30. The molecule has 1 N–H and O–H groups in total. The van der Waals surface area contributed by atoms with E-state index in [2.05, 4.69) is 29.0 Å². The Labute approximate surface area is 93.5 Å². The van der Waals surface area contributed by atoms with Crippen LogP contribution in [0.4, 0.5) is 0 Å². The second kappa shape index (κ2) is 4.64. The van der Waals surface area contributed by atoms with Crippen molar-refractivity contribution in [3.8, 4) is 0 Å². The highest BCUT2D eigenvalue weighted by molar-refractivity contribution is 7.99. The minimum atomic E-state index is 0.440. The molecule has 2 nitrogen and oxygen atoms in total. The second-order valence-electron chi connectivity index (χ2n) is 3.67. The smallest absolute Gasteiger partial charge is 0.0967 e. The summed E-state index contributed by atoms with van der Waals surface area (Å²) in [6.07, 6.45) is 3.34. The second-order valence-corrected chi connectivity index (χ2v) is 5.92. The number of nitrogens with zero attached hydrogens (tertiary/aromatic N) is 1. The van der Waals surface area contributed by atoms with Crippen LogP contribution >= 0.6 is 23.1 Å². The van der Waals surface area contributed by atoms with Crippen LogP contribution in [0.15, 0.2) is 6.20 Å². The van der Waals surface area contributed by atoms with Gasteiger partial charge in [-0.3, -0.25) is 0 Å². The van der Waals surface area contributed by atoms with E-state index in [0.29, 0.717) is 6.04 Å². The quantitative estimate of drug-likeness (QED) is 0.861. The Morgan fingerprint density at radius 2 is 2.50 bits per heavy atom. The number of rotatable bonds is 3. The molecule has 0 aromatic carbocycles. The van der Waals surface area contributed by atoms with Crippen LogP contribution < -0.4 is 5.32 Å². The van der Waals surface area contributed by atoms with Gasteiger partial charge in [0.05, 0.1) is 5.01 Å². The van der Waals surface area contributed by atoms with E-state index in [1.54, 1.807) is 0 Å². The van der Waals surface area contributed by atoms with Crippen LogP contribution in [0.3, 0.4) is 0 Å². The van der Waals surface area contributed by atoms with Gasteiger partial charge in [0.1, 0.15) is 0 Å². The van der Waals surface area contributed by atoms with Crippen LogP contribution in [-0.2, 0) is 0 Å². The topological polar surface area (TPSA) is 24.9 Å². The molecule has 2 heterocycles. The van der Waals surface area contributed by atoms with Crippen LogP contribution in [0.2, 0.25) is 0 Å². The number of thioether (sulfide) groups is 1. The lowest BCUT2D eigenvalue weighted by Crippen LogP contribution is -2.10. The van der Waals surface area contributed by atoms with Crippen molar-refractivity contribution in [1.29, 1.82) is 0 Å².